The summed E-state index contributed by atoms with van der Waals surface area (Å²) in [5.41, 5.74) is 7.81. The van der Waals surface area contributed by atoms with Crippen LogP contribution >= 0.6 is 0 Å². The number of aryl methyl sites for hydroxylation is 2. The highest BCUT2D eigenvalue weighted by molar-refractivity contribution is 6.00. The first-order chi connectivity index (χ1) is 10.1. The minimum atomic E-state index is -0.0176. The van der Waals surface area contributed by atoms with Gasteiger partial charge in [-0.15, -0.1) is 0 Å². The number of methoxy groups -OCH3 is 1. The van der Waals surface area contributed by atoms with E-state index in [1.807, 2.05) is 19.9 Å². The SMILES string of the molecule is COCCCOCCOc1nc(C)cc(C)c1/C(N)=N/O. The monoisotopic (exact) mass is 297 g/mol. The molecule has 0 fully saturated rings. The molecule has 0 atom stereocenters. The van der Waals surface area contributed by atoms with Gasteiger partial charge in [0.05, 0.1) is 12.2 Å². The van der Waals surface area contributed by atoms with Crippen LogP contribution in [-0.2, 0) is 9.47 Å². The van der Waals surface area contributed by atoms with E-state index in [0.717, 1.165) is 17.7 Å². The van der Waals surface area contributed by atoms with Gasteiger partial charge in [0.25, 0.3) is 0 Å². The van der Waals surface area contributed by atoms with Crippen molar-refractivity contribution in [3.05, 3.63) is 22.9 Å². The van der Waals surface area contributed by atoms with Gasteiger partial charge in [-0.2, -0.15) is 0 Å². The molecular weight excluding hydrogens is 274 g/mol. The predicted molar refractivity (Wildman–Crippen MR) is 79.0 cm³/mol. The molecule has 1 rings (SSSR count). The summed E-state index contributed by atoms with van der Waals surface area (Å²) in [5.74, 6) is 0.333. The number of nitrogens with zero attached hydrogens (tertiary/aromatic N) is 2. The van der Waals surface area contributed by atoms with E-state index in [9.17, 15) is 0 Å². The molecule has 0 amide bonds. The van der Waals surface area contributed by atoms with Crippen molar-refractivity contribution in [1.29, 1.82) is 0 Å². The molecule has 7 heteroatoms. The molecule has 0 spiro atoms. The quantitative estimate of drug-likeness (QED) is 0.234. The largest absolute Gasteiger partial charge is 0.475 e. The summed E-state index contributed by atoms with van der Waals surface area (Å²) in [6.07, 6.45) is 0.841. The lowest BCUT2D eigenvalue weighted by molar-refractivity contribution is 0.0794. The number of rotatable bonds is 9. The number of ether oxygens (including phenoxy) is 3. The summed E-state index contributed by atoms with van der Waals surface area (Å²) in [6, 6.07) is 1.85. The van der Waals surface area contributed by atoms with E-state index in [0.29, 0.717) is 37.9 Å². The van der Waals surface area contributed by atoms with Crippen LogP contribution in [0.25, 0.3) is 0 Å². The molecule has 3 N–H and O–H groups in total. The zero-order valence-corrected chi connectivity index (χ0v) is 12.8. The zero-order valence-electron chi connectivity index (χ0n) is 12.8. The first kappa shape index (κ1) is 17.2. The Morgan fingerprint density at radius 1 is 1.29 bits per heavy atom. The van der Waals surface area contributed by atoms with Gasteiger partial charge in [-0.1, -0.05) is 5.16 Å². The molecule has 0 aliphatic rings. The maximum atomic E-state index is 8.84. The summed E-state index contributed by atoms with van der Waals surface area (Å²) in [7, 11) is 1.66. The summed E-state index contributed by atoms with van der Waals surface area (Å²) >= 11 is 0. The molecular formula is C14H23N3O4. The number of amidine groups is 1. The fourth-order valence-electron chi connectivity index (χ4n) is 1.87. The van der Waals surface area contributed by atoms with Crippen LogP contribution < -0.4 is 10.5 Å². The first-order valence-electron chi connectivity index (χ1n) is 6.75. The normalized spacial score (nSPS) is 11.7. The smallest absolute Gasteiger partial charge is 0.225 e. The number of hydrogen-bond donors (Lipinski definition) is 2. The van der Waals surface area contributed by atoms with E-state index < -0.39 is 0 Å². The standard InChI is InChI=1S/C14H23N3O4/c1-10-9-11(2)16-14(12(10)13(15)17-18)21-8-7-20-6-4-5-19-3/h9,18H,4-8H2,1-3H3,(H2,15,17). The van der Waals surface area contributed by atoms with E-state index in [-0.39, 0.29) is 5.84 Å². The van der Waals surface area contributed by atoms with Gasteiger partial charge in [0.2, 0.25) is 5.88 Å². The fourth-order valence-corrected chi connectivity index (χ4v) is 1.87. The number of nitrogens with two attached hydrogens (primary N) is 1. The average molecular weight is 297 g/mol. The Morgan fingerprint density at radius 3 is 2.71 bits per heavy atom. The Morgan fingerprint density at radius 2 is 2.05 bits per heavy atom. The van der Waals surface area contributed by atoms with Gasteiger partial charge >= 0.3 is 0 Å². The van der Waals surface area contributed by atoms with Crippen molar-refractivity contribution < 1.29 is 19.4 Å². The van der Waals surface area contributed by atoms with E-state index in [1.54, 1.807) is 7.11 Å². The lowest BCUT2D eigenvalue weighted by atomic mass is 10.1. The highest BCUT2D eigenvalue weighted by Crippen LogP contribution is 2.20. The van der Waals surface area contributed by atoms with Crippen LogP contribution in [-0.4, -0.2) is 49.6 Å². The number of hydrogen-bond acceptors (Lipinski definition) is 6. The molecule has 0 aliphatic carbocycles. The molecule has 0 aliphatic heterocycles. The number of aromatic nitrogens is 1. The van der Waals surface area contributed by atoms with Crippen molar-refractivity contribution in [3.63, 3.8) is 0 Å². The second kappa shape index (κ2) is 9.15. The summed E-state index contributed by atoms with van der Waals surface area (Å²) < 4.78 is 15.9. The Kier molecular flexibility index (Phi) is 7.49. The van der Waals surface area contributed by atoms with E-state index >= 15 is 0 Å². The van der Waals surface area contributed by atoms with Crippen LogP contribution in [0.4, 0.5) is 0 Å². The van der Waals surface area contributed by atoms with Gasteiger partial charge in [-0.05, 0) is 31.9 Å². The van der Waals surface area contributed by atoms with E-state index in [2.05, 4.69) is 10.1 Å². The second-order valence-electron chi connectivity index (χ2n) is 4.55. The molecule has 0 aromatic carbocycles. The molecule has 1 heterocycles. The van der Waals surface area contributed by atoms with Gasteiger partial charge in [-0.25, -0.2) is 4.98 Å². The molecule has 118 valence electrons. The third kappa shape index (κ3) is 5.57. The average Bonchev–Trinajstić information content (AvgIpc) is 2.45. The number of pyridine rings is 1. The van der Waals surface area contributed by atoms with Crippen molar-refractivity contribution in [3.8, 4) is 5.88 Å². The van der Waals surface area contributed by atoms with Crippen molar-refractivity contribution in [2.45, 2.75) is 20.3 Å². The van der Waals surface area contributed by atoms with Crippen LogP contribution in [0.1, 0.15) is 23.2 Å². The van der Waals surface area contributed by atoms with Gasteiger partial charge in [0, 0.05) is 26.0 Å². The third-order valence-corrected chi connectivity index (χ3v) is 2.78. The molecule has 0 unspecified atom stereocenters. The van der Waals surface area contributed by atoms with E-state index in [1.165, 1.54) is 0 Å². The minimum absolute atomic E-state index is 0.0176. The fraction of sp³-hybridized carbons (Fsp3) is 0.571. The highest BCUT2D eigenvalue weighted by Gasteiger charge is 2.14. The molecule has 0 radical (unpaired) electrons. The molecule has 7 nitrogen and oxygen atoms in total. The summed E-state index contributed by atoms with van der Waals surface area (Å²) in [5, 5.41) is 11.9. The highest BCUT2D eigenvalue weighted by atomic mass is 16.5. The van der Waals surface area contributed by atoms with Crippen LogP contribution in [0, 0.1) is 13.8 Å². The summed E-state index contributed by atoms with van der Waals surface area (Å²) in [4.78, 5) is 4.28. The van der Waals surface area contributed by atoms with Crippen molar-refractivity contribution in [2.75, 3.05) is 33.5 Å². The number of oxime groups is 1. The van der Waals surface area contributed by atoms with E-state index in [4.69, 9.17) is 25.2 Å². The third-order valence-electron chi connectivity index (χ3n) is 2.78. The minimum Gasteiger partial charge on any atom is -0.475 e. The lowest BCUT2D eigenvalue weighted by Crippen LogP contribution is -2.19. The second-order valence-corrected chi connectivity index (χ2v) is 4.55. The Hall–Kier alpha value is -1.86. The van der Waals surface area contributed by atoms with Crippen LogP contribution in [0.15, 0.2) is 11.2 Å². The summed E-state index contributed by atoms with van der Waals surface area (Å²) in [6.45, 7) is 5.79. The lowest BCUT2D eigenvalue weighted by Gasteiger charge is -2.13. The topological polar surface area (TPSA) is 99.2 Å². The van der Waals surface area contributed by atoms with Crippen molar-refractivity contribution >= 4 is 5.84 Å². The van der Waals surface area contributed by atoms with Gasteiger partial charge < -0.3 is 25.2 Å². The van der Waals surface area contributed by atoms with Crippen molar-refractivity contribution in [1.82, 2.24) is 4.98 Å². The molecule has 1 aromatic heterocycles. The molecule has 0 bridgehead atoms. The maximum absolute atomic E-state index is 8.84. The van der Waals surface area contributed by atoms with Gasteiger partial charge in [0.15, 0.2) is 5.84 Å². The zero-order chi connectivity index (χ0) is 15.7. The Balaban J connectivity index is 2.58. The molecule has 0 saturated carbocycles. The van der Waals surface area contributed by atoms with Crippen molar-refractivity contribution in [2.24, 2.45) is 10.9 Å². The predicted octanol–water partition coefficient (Wildman–Crippen LogP) is 1.22. The first-order valence-corrected chi connectivity index (χ1v) is 6.75. The molecule has 1 aromatic rings. The molecule has 0 saturated heterocycles. The Bertz CT molecular complexity index is 478. The molecule has 21 heavy (non-hydrogen) atoms. The van der Waals surface area contributed by atoms with Crippen LogP contribution in [0.5, 0.6) is 5.88 Å². The Labute approximate surface area is 124 Å². The van der Waals surface area contributed by atoms with Crippen LogP contribution in [0.2, 0.25) is 0 Å². The maximum Gasteiger partial charge on any atom is 0.225 e. The van der Waals surface area contributed by atoms with Gasteiger partial charge in [0.1, 0.15) is 6.61 Å². The van der Waals surface area contributed by atoms with Gasteiger partial charge in [-0.3, -0.25) is 0 Å². The van der Waals surface area contributed by atoms with Crippen LogP contribution in [0.3, 0.4) is 0 Å².